The van der Waals surface area contributed by atoms with Crippen LogP contribution in [0, 0.1) is 0 Å². The van der Waals surface area contributed by atoms with Crippen molar-refractivity contribution >= 4 is 34.3 Å². The summed E-state index contributed by atoms with van der Waals surface area (Å²) in [5.41, 5.74) is 2.81. The molecule has 184 valence electrons. The van der Waals surface area contributed by atoms with Gasteiger partial charge in [-0.25, -0.2) is 4.98 Å². The third kappa shape index (κ3) is 4.78. The first kappa shape index (κ1) is 23.8. The molecule has 2 saturated heterocycles. The van der Waals surface area contributed by atoms with Gasteiger partial charge in [-0.3, -0.25) is 14.5 Å². The molecule has 0 unspecified atom stereocenters. The summed E-state index contributed by atoms with van der Waals surface area (Å²) in [6.07, 6.45) is 1.67. The molecule has 2 aliphatic rings. The second-order valence-electron chi connectivity index (χ2n) is 9.44. The van der Waals surface area contributed by atoms with E-state index in [4.69, 9.17) is 11.6 Å². The van der Waals surface area contributed by atoms with Crippen molar-refractivity contribution in [1.29, 1.82) is 0 Å². The van der Waals surface area contributed by atoms with Crippen LogP contribution < -0.4 is 5.32 Å². The molecular formula is C26H31ClN6O2. The lowest BCUT2D eigenvalue weighted by atomic mass is 10.1. The Morgan fingerprint density at radius 1 is 0.914 bits per heavy atom. The number of hydrogen-bond donors (Lipinski definition) is 1. The normalized spacial score (nSPS) is 17.4. The van der Waals surface area contributed by atoms with Gasteiger partial charge >= 0.3 is 0 Å². The van der Waals surface area contributed by atoms with E-state index in [2.05, 4.69) is 29.0 Å². The number of carbonyl (C=O) groups excluding carboxylic acids is 2. The maximum Gasteiger partial charge on any atom is 0.270 e. The van der Waals surface area contributed by atoms with Crippen molar-refractivity contribution in [2.24, 2.45) is 0 Å². The molecule has 0 saturated carbocycles. The smallest absolute Gasteiger partial charge is 0.270 e. The quantitative estimate of drug-likeness (QED) is 0.565. The largest absolute Gasteiger partial charge is 0.336 e. The van der Waals surface area contributed by atoms with E-state index in [1.165, 1.54) is 0 Å². The van der Waals surface area contributed by atoms with Gasteiger partial charge in [0.1, 0.15) is 10.8 Å². The number of halogens is 1. The Hall–Kier alpha value is -2.94. The topological polar surface area (TPSA) is 73.7 Å². The van der Waals surface area contributed by atoms with Gasteiger partial charge in [-0.1, -0.05) is 11.6 Å². The Balaban J connectivity index is 1.50. The molecule has 0 atom stereocenters. The van der Waals surface area contributed by atoms with E-state index in [9.17, 15) is 9.59 Å². The van der Waals surface area contributed by atoms with Crippen LogP contribution in [-0.2, 0) is 0 Å². The zero-order valence-electron chi connectivity index (χ0n) is 20.2. The van der Waals surface area contributed by atoms with E-state index in [0.29, 0.717) is 35.5 Å². The average Bonchev–Trinajstić information content (AvgIpc) is 3.27. The van der Waals surface area contributed by atoms with E-state index in [1.807, 2.05) is 44.7 Å². The summed E-state index contributed by atoms with van der Waals surface area (Å²) in [5, 5.41) is 4.54. The van der Waals surface area contributed by atoms with Crippen LogP contribution >= 0.6 is 11.6 Å². The lowest BCUT2D eigenvalue weighted by Crippen LogP contribution is -2.50. The zero-order chi connectivity index (χ0) is 24.5. The summed E-state index contributed by atoms with van der Waals surface area (Å²) in [6.45, 7) is 10.4. The lowest BCUT2D eigenvalue weighted by molar-refractivity contribution is 0.0595. The minimum Gasteiger partial charge on any atom is -0.336 e. The van der Waals surface area contributed by atoms with Crippen molar-refractivity contribution in [3.8, 4) is 5.69 Å². The van der Waals surface area contributed by atoms with E-state index in [1.54, 1.807) is 12.3 Å². The fraction of sp³-hybridized carbons (Fsp3) is 0.423. The Labute approximate surface area is 210 Å². The molecule has 1 N–H and O–H groups in total. The number of aromatic nitrogens is 2. The molecule has 2 fully saturated rings. The van der Waals surface area contributed by atoms with Crippen molar-refractivity contribution in [1.82, 2.24) is 29.6 Å². The van der Waals surface area contributed by atoms with E-state index >= 15 is 0 Å². The summed E-state index contributed by atoms with van der Waals surface area (Å²) in [6, 6.07) is 11.6. The van der Waals surface area contributed by atoms with Gasteiger partial charge in [0.25, 0.3) is 11.8 Å². The number of nitrogens with zero attached hydrogens (tertiary/aromatic N) is 5. The van der Waals surface area contributed by atoms with Crippen molar-refractivity contribution in [3.63, 3.8) is 0 Å². The maximum atomic E-state index is 13.5. The molecule has 0 aliphatic carbocycles. The number of nitrogens with one attached hydrogen (secondary N) is 1. The molecule has 2 aliphatic heterocycles. The average molecular weight is 495 g/mol. The van der Waals surface area contributed by atoms with Crippen molar-refractivity contribution in [2.75, 3.05) is 52.4 Å². The Morgan fingerprint density at radius 2 is 1.63 bits per heavy atom. The fourth-order valence-electron chi connectivity index (χ4n) is 4.94. The summed E-state index contributed by atoms with van der Waals surface area (Å²) >= 11 is 6.02. The highest BCUT2D eigenvalue weighted by molar-refractivity contribution is 6.29. The first-order valence-corrected chi connectivity index (χ1v) is 12.6. The minimum atomic E-state index is -0.0321. The van der Waals surface area contributed by atoms with Crippen LogP contribution in [0.2, 0.25) is 5.15 Å². The number of amides is 2. The van der Waals surface area contributed by atoms with Crippen LogP contribution in [0.25, 0.3) is 16.6 Å². The highest BCUT2D eigenvalue weighted by Gasteiger charge is 2.26. The first-order valence-electron chi connectivity index (χ1n) is 12.2. The molecule has 3 aromatic rings. The highest BCUT2D eigenvalue weighted by atomic mass is 35.5. The van der Waals surface area contributed by atoms with Gasteiger partial charge in [0.2, 0.25) is 0 Å². The summed E-state index contributed by atoms with van der Waals surface area (Å²) < 4.78 is 1.92. The molecule has 0 bridgehead atoms. The van der Waals surface area contributed by atoms with Gasteiger partial charge in [0.05, 0.1) is 17.4 Å². The van der Waals surface area contributed by atoms with Crippen molar-refractivity contribution < 1.29 is 9.59 Å². The predicted octanol–water partition coefficient (Wildman–Crippen LogP) is 2.89. The summed E-state index contributed by atoms with van der Waals surface area (Å²) in [5.74, 6) is 0.00142. The minimum absolute atomic E-state index is 0.0321. The van der Waals surface area contributed by atoms with Crippen LogP contribution in [0.4, 0.5) is 0 Å². The zero-order valence-corrected chi connectivity index (χ0v) is 21.0. The number of fused-ring (bicyclic) bond motifs is 1. The molecular weight excluding hydrogens is 464 g/mol. The first-order chi connectivity index (χ1) is 16.9. The third-order valence-corrected chi connectivity index (χ3v) is 7.20. The lowest BCUT2D eigenvalue weighted by Gasteiger charge is -2.37. The van der Waals surface area contributed by atoms with Crippen LogP contribution in [-0.4, -0.2) is 94.5 Å². The van der Waals surface area contributed by atoms with Gasteiger partial charge in [-0.05, 0) is 50.2 Å². The Morgan fingerprint density at radius 3 is 2.29 bits per heavy atom. The SMILES string of the molecule is CC(C)N1CCN(C(=O)c2ccc3c(c2)cc(C(=O)N2CCNCC2)n3-c2ccc(Cl)nc2)CC1. The van der Waals surface area contributed by atoms with Gasteiger partial charge in [-0.2, -0.15) is 0 Å². The second-order valence-corrected chi connectivity index (χ2v) is 9.83. The third-order valence-electron chi connectivity index (χ3n) is 6.97. The number of rotatable bonds is 4. The Bertz CT molecular complexity index is 1220. The molecule has 2 aromatic heterocycles. The predicted molar refractivity (Wildman–Crippen MR) is 137 cm³/mol. The van der Waals surface area contributed by atoms with Gasteiger partial charge in [0.15, 0.2) is 0 Å². The van der Waals surface area contributed by atoms with Crippen LogP contribution in [0.5, 0.6) is 0 Å². The van der Waals surface area contributed by atoms with Crippen molar-refractivity contribution in [2.45, 2.75) is 19.9 Å². The summed E-state index contributed by atoms with van der Waals surface area (Å²) in [7, 11) is 0. The van der Waals surface area contributed by atoms with Gasteiger partial charge in [0, 0.05) is 69.3 Å². The van der Waals surface area contributed by atoms with E-state index in [0.717, 1.165) is 55.9 Å². The Kier molecular flexibility index (Phi) is 6.77. The molecule has 5 rings (SSSR count). The fourth-order valence-corrected chi connectivity index (χ4v) is 5.05. The summed E-state index contributed by atoms with van der Waals surface area (Å²) in [4.78, 5) is 37.2. The van der Waals surface area contributed by atoms with Gasteiger partial charge in [-0.15, -0.1) is 0 Å². The molecule has 8 nitrogen and oxygen atoms in total. The number of hydrogen-bond acceptors (Lipinski definition) is 5. The van der Waals surface area contributed by atoms with E-state index < -0.39 is 0 Å². The molecule has 0 radical (unpaired) electrons. The number of benzene rings is 1. The molecule has 9 heteroatoms. The van der Waals surface area contributed by atoms with Crippen LogP contribution in [0.1, 0.15) is 34.7 Å². The maximum absolute atomic E-state index is 13.5. The molecule has 0 spiro atoms. The number of piperazine rings is 2. The van der Waals surface area contributed by atoms with Gasteiger partial charge < -0.3 is 19.7 Å². The van der Waals surface area contributed by atoms with Crippen molar-refractivity contribution in [3.05, 3.63) is 59.0 Å². The second kappa shape index (κ2) is 9.97. The molecule has 4 heterocycles. The van der Waals surface area contributed by atoms with Crippen LogP contribution in [0.15, 0.2) is 42.6 Å². The number of pyridine rings is 1. The highest BCUT2D eigenvalue weighted by Crippen LogP contribution is 2.27. The number of carbonyl (C=O) groups is 2. The molecule has 2 amide bonds. The standard InChI is InChI=1S/C26H31ClN6O2/c1-18(2)30-11-13-32(14-12-30)25(34)19-3-5-22-20(15-19)16-23(26(35)31-9-7-28-8-10-31)33(22)21-4-6-24(27)29-17-21/h3-6,15-18,28H,7-14H2,1-2H3. The van der Waals surface area contributed by atoms with Crippen LogP contribution in [0.3, 0.4) is 0 Å². The van der Waals surface area contributed by atoms with E-state index in [-0.39, 0.29) is 11.8 Å². The monoisotopic (exact) mass is 494 g/mol. The molecule has 35 heavy (non-hydrogen) atoms. The molecule has 1 aromatic carbocycles.